The number of thiol groups is 1. The Morgan fingerprint density at radius 1 is 1.13 bits per heavy atom. The van der Waals surface area contributed by atoms with Gasteiger partial charge in [-0.15, -0.1) is 0 Å². The number of rotatable bonds is 2. The number of nitrogens with one attached hydrogen (secondary N) is 1. The maximum absolute atomic E-state index is 15.2. The summed E-state index contributed by atoms with van der Waals surface area (Å²) in [6, 6.07) is 5.20. The van der Waals surface area contributed by atoms with Crippen LogP contribution >= 0.6 is 10.9 Å². The van der Waals surface area contributed by atoms with Gasteiger partial charge in [-0.3, -0.25) is 4.57 Å². The van der Waals surface area contributed by atoms with E-state index in [1.165, 1.54) is 10.6 Å². The Morgan fingerprint density at radius 2 is 1.89 bits per heavy atom. The number of anilines is 1. The highest BCUT2D eigenvalue weighted by molar-refractivity contribution is 8.17. The molecule has 0 aliphatic carbocycles. The molecule has 12 heteroatoms. The van der Waals surface area contributed by atoms with Gasteiger partial charge in [-0.25, -0.2) is 13.6 Å². The number of hydrogen-bond donors (Lipinski definition) is 2. The fraction of sp³-hybridized carbons (Fsp3) is 0.462. The zero-order valence-corrected chi connectivity index (χ0v) is 21.7. The van der Waals surface area contributed by atoms with Gasteiger partial charge in [0.25, 0.3) is 0 Å². The van der Waals surface area contributed by atoms with Crippen molar-refractivity contribution in [2.45, 2.75) is 48.4 Å². The molecule has 1 N–H and O–H groups in total. The van der Waals surface area contributed by atoms with Crippen molar-refractivity contribution in [2.75, 3.05) is 37.0 Å². The molecule has 3 aromatic rings. The molecule has 6 rings (SSSR count). The van der Waals surface area contributed by atoms with E-state index < -0.39 is 45.4 Å². The Hall–Kier alpha value is -2.70. The summed E-state index contributed by atoms with van der Waals surface area (Å²) in [5.74, 6) is -1.08. The molecule has 38 heavy (non-hydrogen) atoms. The number of halogens is 5. The molecule has 3 aliphatic heterocycles. The van der Waals surface area contributed by atoms with Crippen molar-refractivity contribution in [2.24, 2.45) is 5.41 Å². The maximum atomic E-state index is 15.2. The molecule has 0 saturated carbocycles. The summed E-state index contributed by atoms with van der Waals surface area (Å²) in [5, 5.41) is 3.55. The average molecular weight is 555 g/mol. The third-order valence-electron chi connectivity index (χ3n) is 7.69. The second-order valence-electron chi connectivity index (χ2n) is 10.7. The molecule has 0 radical (unpaired) electrons. The van der Waals surface area contributed by atoms with Crippen LogP contribution in [-0.4, -0.2) is 53.7 Å². The Balaban J connectivity index is 1.70. The summed E-state index contributed by atoms with van der Waals surface area (Å²) < 4.78 is 78.8. The lowest BCUT2D eigenvalue weighted by Gasteiger charge is -2.43. The van der Waals surface area contributed by atoms with Crippen LogP contribution in [0.2, 0.25) is 0 Å². The lowest BCUT2D eigenvalue weighted by molar-refractivity contribution is -0.137. The Bertz CT molecular complexity index is 1490. The summed E-state index contributed by atoms with van der Waals surface area (Å²) in [5.41, 5.74) is -1.68. The normalized spacial score (nSPS) is 25.9. The summed E-state index contributed by atoms with van der Waals surface area (Å²) in [6.07, 6.45) is -4.68. The highest BCUT2D eigenvalue weighted by Crippen LogP contribution is 2.56. The Morgan fingerprint density at radius 3 is 2.55 bits per heavy atom. The van der Waals surface area contributed by atoms with Crippen molar-refractivity contribution in [3.8, 4) is 0 Å². The van der Waals surface area contributed by atoms with E-state index in [1.54, 1.807) is 0 Å². The summed E-state index contributed by atoms with van der Waals surface area (Å²) in [4.78, 5) is 20.2. The maximum Gasteiger partial charge on any atom is 0.416 e. The molecule has 4 heterocycles. The van der Waals surface area contributed by atoms with E-state index in [1.807, 2.05) is 18.7 Å². The number of nitrogens with zero attached hydrogens (tertiary/aromatic N) is 3. The summed E-state index contributed by atoms with van der Waals surface area (Å²) in [7, 11) is -1.74. The number of ether oxygens (including phenoxy) is 1. The van der Waals surface area contributed by atoms with E-state index in [2.05, 4.69) is 10.3 Å². The molecular weight excluding hydrogens is 527 g/mol. The summed E-state index contributed by atoms with van der Waals surface area (Å²) >= 11 is 0. The smallest absolute Gasteiger partial charge is 0.380 e. The van der Waals surface area contributed by atoms with Crippen LogP contribution in [0, 0.1) is 17.0 Å². The molecule has 2 aromatic carbocycles. The van der Waals surface area contributed by atoms with Crippen LogP contribution in [0.3, 0.4) is 0 Å². The van der Waals surface area contributed by atoms with E-state index in [0.29, 0.717) is 24.4 Å². The van der Waals surface area contributed by atoms with Crippen molar-refractivity contribution in [1.29, 1.82) is 0 Å². The quantitative estimate of drug-likeness (QED) is 0.365. The molecule has 3 aliphatic rings. The van der Waals surface area contributed by atoms with Gasteiger partial charge in [0.15, 0.2) is 0 Å². The van der Waals surface area contributed by atoms with E-state index >= 15 is 4.39 Å². The molecule has 0 bridgehead atoms. The van der Waals surface area contributed by atoms with Crippen molar-refractivity contribution < 1.29 is 26.7 Å². The van der Waals surface area contributed by atoms with Crippen LogP contribution < -0.4 is 15.9 Å². The molecule has 3 atom stereocenters. The van der Waals surface area contributed by atoms with Crippen LogP contribution in [0.1, 0.15) is 19.4 Å². The van der Waals surface area contributed by atoms with Gasteiger partial charge < -0.3 is 15.0 Å². The number of alkyl halides is 3. The zero-order chi connectivity index (χ0) is 27.0. The van der Waals surface area contributed by atoms with Gasteiger partial charge in [-0.05, 0) is 43.9 Å². The first kappa shape index (κ1) is 25.6. The molecule has 1 spiro atoms. The summed E-state index contributed by atoms with van der Waals surface area (Å²) in [6.45, 7) is 5.69. The van der Waals surface area contributed by atoms with Crippen LogP contribution in [0.5, 0.6) is 0 Å². The van der Waals surface area contributed by atoms with Gasteiger partial charge >= 0.3 is 11.9 Å². The van der Waals surface area contributed by atoms with Crippen molar-refractivity contribution in [3.63, 3.8) is 0 Å². The first-order valence-electron chi connectivity index (χ1n) is 12.4. The van der Waals surface area contributed by atoms with Crippen LogP contribution in [0.15, 0.2) is 44.9 Å². The molecule has 204 valence electrons. The fourth-order valence-corrected chi connectivity index (χ4v) is 8.65. The standard InChI is InChI=1S/C26H27F5N4O2S/c1-14-9-34(15(2)8-32-14)23-18-5-16(26(29,30)31)6-21-22(18)35(24(36)33-23)10-25(11-37-12-25)13-38(21)20-4-3-17(27)7-19(20)28/h3-7,14-15,32,38H,8-13H2,1-2H3/t14-,15+/m1/s1. The second kappa shape index (κ2) is 8.92. The number of benzene rings is 2. The number of hydrogen-bond acceptors (Lipinski definition) is 5. The van der Waals surface area contributed by atoms with Crippen LogP contribution in [0.4, 0.5) is 27.8 Å². The van der Waals surface area contributed by atoms with E-state index in [4.69, 9.17) is 4.74 Å². The predicted molar refractivity (Wildman–Crippen MR) is 135 cm³/mol. The van der Waals surface area contributed by atoms with E-state index in [0.717, 1.165) is 24.3 Å². The zero-order valence-electron chi connectivity index (χ0n) is 20.8. The Kier molecular flexibility index (Phi) is 6.00. The second-order valence-corrected chi connectivity index (χ2v) is 12.8. The van der Waals surface area contributed by atoms with Gasteiger partial charge in [0.05, 0.1) is 24.3 Å². The minimum absolute atomic E-state index is 0.0345. The third-order valence-corrected chi connectivity index (χ3v) is 10.5. The van der Waals surface area contributed by atoms with Gasteiger partial charge in [0.2, 0.25) is 0 Å². The Labute approximate surface area is 218 Å². The molecule has 2 saturated heterocycles. The molecule has 2 fully saturated rings. The fourth-order valence-electron chi connectivity index (χ4n) is 5.73. The number of aromatic nitrogens is 2. The molecular formula is C26H27F5N4O2S. The number of piperazine rings is 1. The van der Waals surface area contributed by atoms with E-state index in [9.17, 15) is 22.4 Å². The predicted octanol–water partition coefficient (Wildman–Crippen LogP) is 4.33. The molecule has 1 aromatic heterocycles. The van der Waals surface area contributed by atoms with Gasteiger partial charge in [-0.2, -0.15) is 29.1 Å². The van der Waals surface area contributed by atoms with Gasteiger partial charge in [-0.1, -0.05) is 0 Å². The average Bonchev–Trinajstić information content (AvgIpc) is 2.98. The van der Waals surface area contributed by atoms with Gasteiger partial charge in [0.1, 0.15) is 17.5 Å². The first-order chi connectivity index (χ1) is 18.0. The minimum atomic E-state index is -4.68. The molecule has 0 amide bonds. The highest BCUT2D eigenvalue weighted by atomic mass is 32.2. The monoisotopic (exact) mass is 554 g/mol. The molecule has 6 nitrogen and oxygen atoms in total. The van der Waals surface area contributed by atoms with Gasteiger partial charge in [0, 0.05) is 58.4 Å². The third kappa shape index (κ3) is 4.17. The first-order valence-corrected chi connectivity index (χ1v) is 13.9. The molecule has 1 unspecified atom stereocenters. The highest BCUT2D eigenvalue weighted by Gasteiger charge is 2.45. The lowest BCUT2D eigenvalue weighted by Crippen LogP contribution is -2.55. The largest absolute Gasteiger partial charge is 0.416 e. The van der Waals surface area contributed by atoms with Crippen LogP contribution in [0.25, 0.3) is 10.9 Å². The SMILES string of the molecule is C[C@@H]1CN(c2nc(=O)n3c4c(cc(C(F)(F)F)cc24)[SH](c2ccc(F)cc2F)CC2(COC2)C3)[C@@H](C)CN1. The van der Waals surface area contributed by atoms with Crippen LogP contribution in [-0.2, 0) is 17.5 Å². The van der Waals surface area contributed by atoms with E-state index in [-0.39, 0.29) is 52.8 Å². The van der Waals surface area contributed by atoms with Crippen molar-refractivity contribution in [1.82, 2.24) is 14.9 Å². The van der Waals surface area contributed by atoms with Crippen molar-refractivity contribution in [3.05, 3.63) is 58.0 Å². The van der Waals surface area contributed by atoms with Crippen molar-refractivity contribution >= 4 is 27.6 Å². The minimum Gasteiger partial charge on any atom is -0.380 e. The lowest BCUT2D eigenvalue weighted by atomic mass is 9.88. The topological polar surface area (TPSA) is 59.4 Å².